The van der Waals surface area contributed by atoms with Crippen molar-refractivity contribution in [3.63, 3.8) is 0 Å². The van der Waals surface area contributed by atoms with Gasteiger partial charge in [0.25, 0.3) is 10.0 Å². The maximum Gasteiger partial charge on any atom is 0.389 e. The Morgan fingerprint density at radius 1 is 0.970 bits per heavy atom. The highest BCUT2D eigenvalue weighted by atomic mass is 35.5. The number of carbonyl (C=O) groups excluding carboxylic acids is 1. The van der Waals surface area contributed by atoms with E-state index in [-0.39, 0.29) is 35.6 Å². The number of amides is 2. The number of aliphatic carboxylic acids is 1. The lowest BCUT2D eigenvalue weighted by molar-refractivity contribution is -0.139. The molecule has 0 spiro atoms. The number of carboxylic acids is 1. The molecule has 0 saturated carbocycles. The zero-order valence-corrected chi connectivity index (χ0v) is 37.7. The number of carbonyl (C=O) groups is 2. The van der Waals surface area contributed by atoms with Gasteiger partial charge in [0.05, 0.1) is 32.8 Å². The second kappa shape index (κ2) is 22.5. The van der Waals surface area contributed by atoms with E-state index in [1.165, 1.54) is 43.0 Å². The van der Waals surface area contributed by atoms with Crippen LogP contribution in [0.5, 0.6) is 17.5 Å². The van der Waals surface area contributed by atoms with E-state index in [9.17, 15) is 36.0 Å². The fourth-order valence-corrected chi connectivity index (χ4v) is 7.90. The molecule has 3 aromatic carbocycles. The third-order valence-electron chi connectivity index (χ3n) is 8.84. The lowest BCUT2D eigenvalue weighted by atomic mass is 10.1. The molecule has 18 nitrogen and oxygen atoms in total. The molecule has 66 heavy (non-hydrogen) atoms. The van der Waals surface area contributed by atoms with Crippen molar-refractivity contribution in [3.05, 3.63) is 110 Å². The molecule has 7 rings (SSSR count). The van der Waals surface area contributed by atoms with Gasteiger partial charge in [-0.3, -0.25) is 14.9 Å². The second-order valence-corrected chi connectivity index (χ2v) is 16.4. The summed E-state index contributed by atoms with van der Waals surface area (Å²) >= 11 is 18.3. The Morgan fingerprint density at radius 2 is 1.73 bits per heavy atom. The van der Waals surface area contributed by atoms with Crippen LogP contribution in [0.3, 0.4) is 0 Å². The number of anilines is 1. The number of halogens is 6. The number of pyridine rings is 1. The maximum atomic E-state index is 12.5. The third kappa shape index (κ3) is 13.7. The number of aryl methyl sites for hydroxylation is 3. The first kappa shape index (κ1) is 50.3. The Kier molecular flexibility index (Phi) is 17.2. The summed E-state index contributed by atoms with van der Waals surface area (Å²) in [7, 11) is -3.14. The van der Waals surface area contributed by atoms with Gasteiger partial charge in [0.15, 0.2) is 6.61 Å². The molecule has 0 radical (unpaired) electrons. The van der Waals surface area contributed by atoms with Gasteiger partial charge >= 0.3 is 29.9 Å². The average molecular weight is 995 g/mol. The van der Waals surface area contributed by atoms with Gasteiger partial charge in [0.2, 0.25) is 5.95 Å². The van der Waals surface area contributed by atoms with Crippen LogP contribution in [-0.2, 0) is 34.2 Å². The van der Waals surface area contributed by atoms with Crippen molar-refractivity contribution in [2.24, 2.45) is 0 Å². The summed E-state index contributed by atoms with van der Waals surface area (Å²) in [6, 6.07) is 13.7. The number of ether oxygens (including phenoxy) is 3. The fourth-order valence-electron chi connectivity index (χ4n) is 5.99. The van der Waals surface area contributed by atoms with Crippen LogP contribution < -0.4 is 29.9 Å². The Hall–Kier alpha value is -6.67. The van der Waals surface area contributed by atoms with E-state index in [4.69, 9.17) is 60.5 Å². The van der Waals surface area contributed by atoms with Gasteiger partial charge in [-0.05, 0) is 68.1 Å². The van der Waals surface area contributed by atoms with Crippen LogP contribution in [0.4, 0.5) is 23.9 Å². The topological polar surface area (TPSA) is 232 Å². The molecule has 0 fully saturated rings. The molecule has 0 unspecified atom stereocenters. The molecule has 4 heterocycles. The standard InChI is InChI=1S/C15H13Cl2N3O2.C15H16F3N5O4S.C11H8ClNO3/c1-2-7-22-13-9-12(10(16)8-11(13)17)20-15(21)19-6-4-3-5-14(19)18-20;1-9-19-12(22-14(20-9)27-2)21-13(24)23-28(25,26)11-6-4-3-5-10(11)7-8-15(16,17)18;12-8-3-4-9(16-6-10(14)15)11-7(8)2-1-5-13-11/h1,8-9H,3-7H2;3-6H,7-8H2,1-2H3,(H2,19,20,21,22,23,24);1-5H,6H2,(H,14,15). The normalized spacial score (nSPS) is 12.0. The SMILES string of the molecule is C#CCOc1cc(-n2nc3n(c2=O)CCCC3)c(Cl)cc1Cl.COc1nc(C)nc(NC(=O)NS(=O)(=O)c2ccccc2CCC(F)(F)F)n1.O=C(O)COc1ccc(Cl)c2cccnc12. The van der Waals surface area contributed by atoms with Crippen molar-refractivity contribution in [3.8, 4) is 35.5 Å². The molecule has 1 aliphatic rings. The summed E-state index contributed by atoms with van der Waals surface area (Å²) in [6.45, 7) is 1.86. The number of nitrogens with one attached hydrogen (secondary N) is 2. The van der Waals surface area contributed by atoms with E-state index < -0.39 is 52.5 Å². The van der Waals surface area contributed by atoms with E-state index in [2.05, 4.69) is 36.3 Å². The first-order valence-electron chi connectivity index (χ1n) is 19.2. The van der Waals surface area contributed by atoms with Gasteiger partial charge in [-0.2, -0.15) is 32.8 Å². The van der Waals surface area contributed by atoms with Gasteiger partial charge in [-0.15, -0.1) is 11.5 Å². The van der Waals surface area contributed by atoms with E-state index in [0.717, 1.165) is 36.5 Å². The molecule has 2 amide bonds. The van der Waals surface area contributed by atoms with Crippen molar-refractivity contribution in [1.82, 2.24) is 39.0 Å². The summed E-state index contributed by atoms with van der Waals surface area (Å²) in [5.74, 6) is 2.85. The maximum absolute atomic E-state index is 12.5. The molecule has 6 aromatic rings. The number of hydrogen-bond acceptors (Lipinski definition) is 13. The Labute approximate surface area is 389 Å². The van der Waals surface area contributed by atoms with Crippen molar-refractivity contribution in [2.75, 3.05) is 25.6 Å². The summed E-state index contributed by atoms with van der Waals surface area (Å²) in [5, 5.41) is 17.0. The number of fused-ring (bicyclic) bond motifs is 2. The summed E-state index contributed by atoms with van der Waals surface area (Å²) in [4.78, 5) is 49.9. The van der Waals surface area contributed by atoms with Gasteiger partial charge in [-0.1, -0.05) is 58.9 Å². The molecule has 1 aliphatic heterocycles. The second-order valence-electron chi connectivity index (χ2n) is 13.5. The van der Waals surface area contributed by atoms with Crippen LogP contribution in [0.25, 0.3) is 16.6 Å². The Balaban J connectivity index is 0.000000192. The summed E-state index contributed by atoms with van der Waals surface area (Å²) < 4.78 is 82.2. The molecule has 3 aromatic heterocycles. The van der Waals surface area contributed by atoms with Crippen molar-refractivity contribution >= 4 is 73.7 Å². The number of benzene rings is 3. The average Bonchev–Trinajstić information content (AvgIpc) is 3.60. The number of rotatable bonds is 12. The van der Waals surface area contributed by atoms with Crippen LogP contribution in [-0.4, -0.2) is 86.3 Å². The van der Waals surface area contributed by atoms with Crippen molar-refractivity contribution < 1.29 is 50.5 Å². The quantitative estimate of drug-likeness (QED) is 0.103. The highest BCUT2D eigenvalue weighted by Crippen LogP contribution is 2.33. The highest BCUT2D eigenvalue weighted by molar-refractivity contribution is 7.90. The van der Waals surface area contributed by atoms with E-state index in [1.807, 2.05) is 0 Å². The van der Waals surface area contributed by atoms with Gasteiger partial charge in [-0.25, -0.2) is 27.5 Å². The predicted molar refractivity (Wildman–Crippen MR) is 236 cm³/mol. The highest BCUT2D eigenvalue weighted by Gasteiger charge is 2.29. The number of aromatic nitrogens is 7. The lowest BCUT2D eigenvalue weighted by Gasteiger charge is -2.13. The smallest absolute Gasteiger partial charge is 0.389 e. The molecule has 0 bridgehead atoms. The van der Waals surface area contributed by atoms with Crippen molar-refractivity contribution in [1.29, 1.82) is 0 Å². The Morgan fingerprint density at radius 3 is 2.42 bits per heavy atom. The fraction of sp³-hybridized carbons (Fsp3) is 0.268. The van der Waals surface area contributed by atoms with Crippen LogP contribution in [0.15, 0.2) is 76.6 Å². The van der Waals surface area contributed by atoms with E-state index in [1.54, 1.807) is 45.8 Å². The summed E-state index contributed by atoms with van der Waals surface area (Å²) in [5.41, 5.74) is 0.723. The summed E-state index contributed by atoms with van der Waals surface area (Å²) in [6.07, 6.45) is 3.38. The number of terminal acetylenes is 1. The molecule has 3 N–H and O–H groups in total. The molecule has 25 heteroatoms. The largest absolute Gasteiger partial charge is 0.480 e. The molecular formula is C41H37Cl3F3N9O9S. The number of alkyl halides is 3. The van der Waals surface area contributed by atoms with Crippen LogP contribution in [0.1, 0.15) is 36.5 Å². The number of sulfonamides is 1. The van der Waals surface area contributed by atoms with Crippen LogP contribution in [0.2, 0.25) is 15.1 Å². The third-order valence-corrected chi connectivity index (χ3v) is 11.2. The number of methoxy groups -OCH3 is 1. The molecule has 0 saturated heterocycles. The number of hydrogen-bond donors (Lipinski definition) is 3. The zero-order chi connectivity index (χ0) is 48.2. The molecular weight excluding hydrogens is 958 g/mol. The van der Waals surface area contributed by atoms with E-state index in [0.29, 0.717) is 44.3 Å². The van der Waals surface area contributed by atoms with Crippen molar-refractivity contribution in [2.45, 2.75) is 56.6 Å². The minimum Gasteiger partial charge on any atom is -0.480 e. The number of urea groups is 1. The van der Waals surface area contributed by atoms with Crippen LogP contribution in [0, 0.1) is 19.3 Å². The number of nitrogens with zero attached hydrogens (tertiary/aromatic N) is 7. The minimum atomic E-state index is -4.45. The molecule has 0 aliphatic carbocycles. The molecule has 348 valence electrons. The van der Waals surface area contributed by atoms with E-state index >= 15 is 0 Å². The monoisotopic (exact) mass is 993 g/mol. The Bertz CT molecular complexity index is 2950. The predicted octanol–water partition coefficient (Wildman–Crippen LogP) is 7.23. The minimum absolute atomic E-state index is 0.0715. The molecule has 0 atom stereocenters. The van der Waals surface area contributed by atoms with Gasteiger partial charge in [0.1, 0.15) is 35.3 Å². The zero-order valence-electron chi connectivity index (χ0n) is 34.6. The number of carboxylic acid groups (broad SMARTS) is 1. The first-order chi connectivity index (χ1) is 31.3. The van der Waals surface area contributed by atoms with Gasteiger partial charge < -0.3 is 19.3 Å². The lowest BCUT2D eigenvalue weighted by Crippen LogP contribution is -2.35. The van der Waals surface area contributed by atoms with Gasteiger partial charge in [0, 0.05) is 37.0 Å². The van der Waals surface area contributed by atoms with Crippen LogP contribution >= 0.6 is 34.8 Å². The first-order valence-corrected chi connectivity index (χ1v) is 21.8.